The number of fused-ring (bicyclic) bond motifs is 2. The van der Waals surface area contributed by atoms with Gasteiger partial charge >= 0.3 is 0 Å². The van der Waals surface area contributed by atoms with Gasteiger partial charge in [0.25, 0.3) is 0 Å². The van der Waals surface area contributed by atoms with Crippen LogP contribution in [0.25, 0.3) is 0 Å². The van der Waals surface area contributed by atoms with E-state index in [0.29, 0.717) is 24.2 Å². The zero-order valence-corrected chi connectivity index (χ0v) is 44.9. The highest BCUT2D eigenvalue weighted by molar-refractivity contribution is 5.31. The molecular formula is C54H90O21. The second-order valence-electron chi connectivity index (χ2n) is 25.7. The van der Waals surface area contributed by atoms with Crippen LogP contribution >= 0.6 is 0 Å². The topological polar surface area (TPSA) is 337 Å². The minimum Gasteiger partial charge on any atom is -0.394 e. The van der Waals surface area contributed by atoms with E-state index in [9.17, 15) is 66.4 Å². The highest BCUT2D eigenvalue weighted by Gasteiger charge is 2.82. The van der Waals surface area contributed by atoms with Crippen molar-refractivity contribution in [3.05, 3.63) is 11.6 Å². The molecule has 0 unspecified atom stereocenters. The Kier molecular flexibility index (Phi) is 16.9. The van der Waals surface area contributed by atoms with Crippen LogP contribution in [0.4, 0.5) is 0 Å². The van der Waals surface area contributed by atoms with E-state index < -0.39 is 142 Å². The lowest BCUT2D eigenvalue weighted by molar-refractivity contribution is -0.363. The predicted octanol–water partition coefficient (Wildman–Crippen LogP) is -0.536. The molecule has 5 aliphatic carbocycles. The number of aliphatic hydroxyl groups excluding tert-OH is 13. The summed E-state index contributed by atoms with van der Waals surface area (Å²) in [5.41, 5.74) is 1.00. The van der Waals surface area contributed by atoms with Gasteiger partial charge in [-0.15, -0.1) is 0 Å². The van der Waals surface area contributed by atoms with Gasteiger partial charge in [-0.05, 0) is 136 Å². The van der Waals surface area contributed by atoms with Crippen molar-refractivity contribution in [2.24, 2.45) is 50.7 Å². The third kappa shape index (κ3) is 9.75. The molecule has 0 aromatic heterocycles. The summed E-state index contributed by atoms with van der Waals surface area (Å²) in [5.74, 6) is 1.25. The molecule has 9 aliphatic rings. The Morgan fingerprint density at radius 2 is 1.13 bits per heavy atom. The Balaban J connectivity index is 0.777. The zero-order chi connectivity index (χ0) is 54.6. The van der Waals surface area contributed by atoms with Crippen molar-refractivity contribution in [3.63, 3.8) is 0 Å². The van der Waals surface area contributed by atoms with Crippen molar-refractivity contribution in [2.45, 2.75) is 255 Å². The highest BCUT2D eigenvalue weighted by atomic mass is 16.7. The molecule has 0 bridgehead atoms. The van der Waals surface area contributed by atoms with Crippen LogP contribution in [0.15, 0.2) is 11.6 Å². The molecule has 30 atom stereocenters. The molecule has 0 aromatic carbocycles. The summed E-state index contributed by atoms with van der Waals surface area (Å²) in [6, 6.07) is 0. The zero-order valence-electron chi connectivity index (χ0n) is 44.9. The van der Waals surface area contributed by atoms with Crippen LogP contribution in [0.2, 0.25) is 0 Å². The predicted molar refractivity (Wildman–Crippen MR) is 261 cm³/mol. The van der Waals surface area contributed by atoms with Gasteiger partial charge in [0.05, 0.1) is 44.2 Å². The summed E-state index contributed by atoms with van der Waals surface area (Å²) < 4.78 is 47.0. The van der Waals surface area contributed by atoms with E-state index in [-0.39, 0.29) is 45.7 Å². The average molecular weight is 1080 g/mol. The van der Waals surface area contributed by atoms with Crippen molar-refractivity contribution in [1.29, 1.82) is 0 Å². The van der Waals surface area contributed by atoms with Crippen molar-refractivity contribution in [2.75, 3.05) is 19.8 Å². The van der Waals surface area contributed by atoms with E-state index in [0.717, 1.165) is 56.9 Å². The Hall–Kier alpha value is -1.10. The number of rotatable bonds is 15. The van der Waals surface area contributed by atoms with Crippen molar-refractivity contribution < 1.29 is 104 Å². The van der Waals surface area contributed by atoms with Crippen LogP contribution < -0.4 is 0 Å². The smallest absolute Gasteiger partial charge is 0.187 e. The van der Waals surface area contributed by atoms with Crippen molar-refractivity contribution >= 4 is 0 Å². The molecule has 0 radical (unpaired) electrons. The summed E-state index contributed by atoms with van der Waals surface area (Å²) >= 11 is 0. The van der Waals surface area contributed by atoms with E-state index in [2.05, 4.69) is 34.6 Å². The van der Waals surface area contributed by atoms with Gasteiger partial charge in [-0.3, -0.25) is 0 Å². The van der Waals surface area contributed by atoms with Crippen LogP contribution in [-0.4, -0.2) is 221 Å². The molecule has 4 saturated heterocycles. The van der Waals surface area contributed by atoms with Gasteiger partial charge in [0.1, 0.15) is 85.5 Å². The van der Waals surface area contributed by atoms with Crippen molar-refractivity contribution in [3.8, 4) is 0 Å². The maximum atomic E-state index is 11.8. The number of hydrogen-bond acceptors (Lipinski definition) is 21. The standard InChI is InChI=1S/C54H90O21/c1-23(20-68-47-42(65)39(62)36(59)30(73-47)21-69-46-41(64)37(60)34(57)25(3)70-46)9-10-28(56)24(2)27-13-15-52(8)32-12-11-31-50(5,6)33(14-16-53(31)22-54(32,53)18-17-51(27,52)7)74-48-44(67)40(63)45(26(4)71-48)75-49-43(66)38(61)35(58)29(19-55)72-49/h9,24-49,55-67H,10-22H2,1-8H3/b23-9-/t24-,25+,26+,27+,28-,29+,30+,31-,32-,33-,34+,35+,36+,37-,38-,39-,40+,41+,42+,43+,44+,45-,46+,47+,48-,49-,51+,52-,53+,54-/m0/s1. The number of hydrogen-bond donors (Lipinski definition) is 13. The monoisotopic (exact) mass is 1070 g/mol. The van der Waals surface area contributed by atoms with Crippen LogP contribution in [0.1, 0.15) is 120 Å². The molecule has 4 heterocycles. The van der Waals surface area contributed by atoms with Crippen LogP contribution in [-0.2, 0) is 37.9 Å². The molecule has 432 valence electrons. The molecule has 21 nitrogen and oxygen atoms in total. The molecule has 9 fully saturated rings. The number of aliphatic hydroxyl groups is 13. The lowest BCUT2D eigenvalue weighted by Gasteiger charge is -2.63. The lowest BCUT2D eigenvalue weighted by atomic mass is 9.41. The molecule has 0 amide bonds. The minimum absolute atomic E-state index is 0.00626. The second kappa shape index (κ2) is 21.7. The maximum absolute atomic E-state index is 11.8. The van der Waals surface area contributed by atoms with E-state index >= 15 is 0 Å². The molecule has 4 aliphatic heterocycles. The summed E-state index contributed by atoms with van der Waals surface area (Å²) in [6.45, 7) is 15.7. The molecule has 75 heavy (non-hydrogen) atoms. The third-order valence-corrected chi connectivity index (χ3v) is 21.7. The first-order valence-corrected chi connectivity index (χ1v) is 27.8. The summed E-state index contributed by atoms with van der Waals surface area (Å²) in [7, 11) is 0. The second-order valence-corrected chi connectivity index (χ2v) is 25.7. The Labute approximate surface area is 440 Å². The van der Waals surface area contributed by atoms with Gasteiger partial charge in [-0.25, -0.2) is 0 Å². The molecule has 0 aromatic rings. The van der Waals surface area contributed by atoms with Gasteiger partial charge in [0.15, 0.2) is 25.2 Å². The van der Waals surface area contributed by atoms with Gasteiger partial charge < -0.3 is 104 Å². The van der Waals surface area contributed by atoms with Gasteiger partial charge in [-0.1, -0.05) is 46.3 Å². The molecule has 2 spiro atoms. The quantitative estimate of drug-likeness (QED) is 0.0724. The van der Waals surface area contributed by atoms with Crippen molar-refractivity contribution in [1.82, 2.24) is 0 Å². The van der Waals surface area contributed by atoms with E-state index in [4.69, 9.17) is 37.9 Å². The first kappa shape index (κ1) is 58.6. The summed E-state index contributed by atoms with van der Waals surface area (Å²) in [5, 5.41) is 138. The fourth-order valence-electron chi connectivity index (χ4n) is 16.9. The fourth-order valence-corrected chi connectivity index (χ4v) is 16.9. The average Bonchev–Trinajstić information content (AvgIpc) is 4.07. The van der Waals surface area contributed by atoms with E-state index in [1.807, 2.05) is 13.0 Å². The Bertz CT molecular complexity index is 2000. The van der Waals surface area contributed by atoms with Gasteiger partial charge in [0.2, 0.25) is 0 Å². The minimum atomic E-state index is -1.68. The van der Waals surface area contributed by atoms with Crippen LogP contribution in [0.3, 0.4) is 0 Å². The first-order valence-electron chi connectivity index (χ1n) is 27.8. The van der Waals surface area contributed by atoms with E-state index in [1.54, 1.807) is 6.92 Å². The molecule has 9 rings (SSSR count). The largest absolute Gasteiger partial charge is 0.394 e. The fraction of sp³-hybridized carbons (Fsp3) is 0.963. The van der Waals surface area contributed by atoms with Gasteiger partial charge in [-0.2, -0.15) is 0 Å². The van der Waals surface area contributed by atoms with E-state index in [1.165, 1.54) is 13.3 Å². The molecule has 21 heteroatoms. The molecular weight excluding hydrogens is 985 g/mol. The van der Waals surface area contributed by atoms with Gasteiger partial charge in [0, 0.05) is 0 Å². The lowest BCUT2D eigenvalue weighted by Crippen LogP contribution is -2.64. The Morgan fingerprint density at radius 3 is 1.81 bits per heavy atom. The SMILES string of the molecule is C/C(=C/C[C@H](O)[C@@H](C)[C@H]1CC[C@@]2(C)[C@@H]3CC[C@H]4C(C)(C)[C@@H](O[C@@H]5O[C@H](C)[C@H](O[C@@H]6O[C@H](CO)[C@@H](O)[C@H](O)[C@H]6O)[C@H](O)[C@H]5O)CC[C@@]45C[C@@]35CC[C@]12C)CO[C@@H]1O[C@H](CO[C@@H]2O[C@H](C)[C@@H](O)[C@H](O)[C@H]2O)[C@@H](O)[C@H](O)[C@H]1O. The third-order valence-electron chi connectivity index (χ3n) is 21.7. The van der Waals surface area contributed by atoms with Crippen LogP contribution in [0.5, 0.6) is 0 Å². The Morgan fingerprint density at radius 1 is 0.573 bits per heavy atom. The first-order chi connectivity index (χ1) is 35.2. The highest BCUT2D eigenvalue weighted by Crippen LogP contribution is 2.89. The van der Waals surface area contributed by atoms with Crippen LogP contribution in [0, 0.1) is 50.7 Å². The molecule has 13 N–H and O–H groups in total. The molecule has 5 saturated carbocycles. The summed E-state index contributed by atoms with van der Waals surface area (Å²) in [6.07, 6.45) is -16.8. The number of ether oxygens (including phenoxy) is 8. The normalized spacial score (nSPS) is 54.5. The summed E-state index contributed by atoms with van der Waals surface area (Å²) in [4.78, 5) is 0. The maximum Gasteiger partial charge on any atom is 0.187 e.